The average molecular weight is 316 g/mol. The third kappa shape index (κ3) is 2.42. The van der Waals surface area contributed by atoms with Crippen molar-refractivity contribution in [3.8, 4) is 0 Å². The van der Waals surface area contributed by atoms with Gasteiger partial charge in [0.05, 0.1) is 0 Å². The van der Waals surface area contributed by atoms with Crippen LogP contribution in [0.15, 0.2) is 42.5 Å². The molecule has 1 heterocycles. The average Bonchev–Trinajstić information content (AvgIpc) is 2.88. The molecule has 0 saturated carbocycles. The Morgan fingerprint density at radius 2 is 1.89 bits per heavy atom. The van der Waals surface area contributed by atoms with E-state index in [1.165, 1.54) is 11.1 Å². The van der Waals surface area contributed by atoms with E-state index in [0.29, 0.717) is 0 Å². The summed E-state index contributed by atoms with van der Waals surface area (Å²) in [5.74, 6) is 0. The van der Waals surface area contributed by atoms with E-state index in [1.807, 2.05) is 12.1 Å². The molecule has 0 aliphatic carbocycles. The molecular weight excluding hydrogens is 301 g/mol. The van der Waals surface area contributed by atoms with Crippen LogP contribution in [-0.4, -0.2) is 22.9 Å². The third-order valence-electron chi connectivity index (χ3n) is 3.31. The molecule has 1 atom stereocenters. The molecular formula is C15H15N3Se. The molecule has 0 amide bonds. The Hall–Kier alpha value is -1.64. The summed E-state index contributed by atoms with van der Waals surface area (Å²) in [5, 5.41) is 3.56. The second kappa shape index (κ2) is 5.16. The quantitative estimate of drug-likeness (QED) is 0.754. The predicted octanol–water partition coefficient (Wildman–Crippen LogP) is 3.17. The van der Waals surface area contributed by atoms with E-state index >= 15 is 0 Å². The van der Waals surface area contributed by atoms with E-state index in [4.69, 9.17) is 0 Å². The molecule has 0 spiro atoms. The summed E-state index contributed by atoms with van der Waals surface area (Å²) in [6, 6.07) is 14.9. The van der Waals surface area contributed by atoms with Gasteiger partial charge in [-0.25, -0.2) is 0 Å². The Morgan fingerprint density at radius 3 is 2.74 bits per heavy atom. The van der Waals surface area contributed by atoms with Crippen LogP contribution < -0.4 is 5.32 Å². The van der Waals surface area contributed by atoms with Gasteiger partial charge in [-0.1, -0.05) is 0 Å². The molecule has 0 bridgehead atoms. The van der Waals surface area contributed by atoms with Crippen molar-refractivity contribution >= 4 is 31.7 Å². The van der Waals surface area contributed by atoms with Crippen molar-refractivity contribution in [3.05, 3.63) is 53.6 Å². The molecule has 3 nitrogen and oxygen atoms in total. The number of nitrogens with one attached hydrogen (secondary N) is 1. The van der Waals surface area contributed by atoms with Gasteiger partial charge in [0.15, 0.2) is 0 Å². The minimum atomic E-state index is 0.0199. The standard InChI is InChI=1S/C15H15N3Se/c1-10-6-3-4-7-12(10)11(2)16-13-8-5-9-14-15(13)18-19-17-14/h3-9,11,16H,1-2H3. The molecule has 19 heavy (non-hydrogen) atoms. The maximum absolute atomic E-state index is 4.50. The summed E-state index contributed by atoms with van der Waals surface area (Å²) in [4.78, 5) is 0. The summed E-state index contributed by atoms with van der Waals surface area (Å²) in [5.41, 5.74) is 5.74. The van der Waals surface area contributed by atoms with E-state index in [1.54, 1.807) is 0 Å². The van der Waals surface area contributed by atoms with Crippen LogP contribution in [0.3, 0.4) is 0 Å². The van der Waals surface area contributed by atoms with Gasteiger partial charge in [0.2, 0.25) is 0 Å². The van der Waals surface area contributed by atoms with Crippen molar-refractivity contribution in [2.24, 2.45) is 0 Å². The second-order valence-electron chi connectivity index (χ2n) is 4.66. The molecule has 3 aromatic rings. The Balaban J connectivity index is 1.93. The van der Waals surface area contributed by atoms with Gasteiger partial charge in [-0.2, -0.15) is 0 Å². The number of hydrogen-bond acceptors (Lipinski definition) is 3. The van der Waals surface area contributed by atoms with Crippen molar-refractivity contribution in [2.45, 2.75) is 19.9 Å². The third-order valence-corrected chi connectivity index (χ3v) is 4.45. The summed E-state index contributed by atoms with van der Waals surface area (Å²) in [6.07, 6.45) is 0. The second-order valence-corrected chi connectivity index (χ2v) is 5.77. The van der Waals surface area contributed by atoms with Crippen molar-refractivity contribution in [1.82, 2.24) is 7.96 Å². The first-order chi connectivity index (χ1) is 9.25. The van der Waals surface area contributed by atoms with E-state index in [-0.39, 0.29) is 21.0 Å². The fraction of sp³-hybridized carbons (Fsp3) is 0.200. The topological polar surface area (TPSA) is 37.8 Å². The molecule has 0 radical (unpaired) electrons. The molecule has 1 aromatic heterocycles. The predicted molar refractivity (Wildman–Crippen MR) is 79.7 cm³/mol. The molecule has 0 aliphatic rings. The first-order valence-corrected chi connectivity index (χ1v) is 7.82. The number of aryl methyl sites for hydroxylation is 1. The number of nitrogens with zero attached hydrogens (tertiary/aromatic N) is 2. The summed E-state index contributed by atoms with van der Waals surface area (Å²) < 4.78 is 8.92. The van der Waals surface area contributed by atoms with Crippen molar-refractivity contribution in [2.75, 3.05) is 5.32 Å². The normalized spacial score (nSPS) is 12.5. The summed E-state index contributed by atoms with van der Waals surface area (Å²) >= 11 is 0.0199. The number of anilines is 1. The van der Waals surface area contributed by atoms with Gasteiger partial charge in [-0.15, -0.1) is 0 Å². The van der Waals surface area contributed by atoms with Crippen LogP contribution in [0, 0.1) is 6.92 Å². The molecule has 0 aliphatic heterocycles. The molecule has 0 saturated heterocycles. The van der Waals surface area contributed by atoms with Crippen LogP contribution in [0.1, 0.15) is 24.1 Å². The minimum absolute atomic E-state index is 0.0199. The molecule has 96 valence electrons. The van der Waals surface area contributed by atoms with Gasteiger partial charge < -0.3 is 0 Å². The zero-order valence-corrected chi connectivity index (χ0v) is 12.6. The number of hydrogen-bond donors (Lipinski definition) is 1. The SMILES string of the molecule is Cc1ccccc1C(C)Nc1cccc2n[se]nc12. The molecule has 0 fully saturated rings. The van der Waals surface area contributed by atoms with Gasteiger partial charge >= 0.3 is 118 Å². The van der Waals surface area contributed by atoms with Crippen molar-refractivity contribution < 1.29 is 0 Å². The van der Waals surface area contributed by atoms with Crippen LogP contribution in [0.25, 0.3) is 11.0 Å². The van der Waals surface area contributed by atoms with Crippen LogP contribution in [-0.2, 0) is 0 Å². The van der Waals surface area contributed by atoms with Crippen LogP contribution in [0.5, 0.6) is 0 Å². The van der Waals surface area contributed by atoms with Crippen LogP contribution >= 0.6 is 0 Å². The Labute approximate surface area is 118 Å². The van der Waals surface area contributed by atoms with E-state index < -0.39 is 0 Å². The molecule has 4 heteroatoms. The zero-order chi connectivity index (χ0) is 13.2. The number of rotatable bonds is 3. The van der Waals surface area contributed by atoms with E-state index in [2.05, 4.69) is 57.5 Å². The Bertz CT molecular complexity index is 705. The van der Waals surface area contributed by atoms with Crippen molar-refractivity contribution in [3.63, 3.8) is 0 Å². The number of aromatic nitrogens is 2. The molecule has 3 rings (SSSR count). The van der Waals surface area contributed by atoms with Gasteiger partial charge in [-0.05, 0) is 0 Å². The van der Waals surface area contributed by atoms with Gasteiger partial charge in [0, 0.05) is 0 Å². The summed E-state index contributed by atoms with van der Waals surface area (Å²) in [7, 11) is 0. The molecule has 1 N–H and O–H groups in total. The Morgan fingerprint density at radius 1 is 1.05 bits per heavy atom. The monoisotopic (exact) mass is 317 g/mol. The van der Waals surface area contributed by atoms with Crippen LogP contribution in [0.4, 0.5) is 5.69 Å². The van der Waals surface area contributed by atoms with Gasteiger partial charge in [-0.3, -0.25) is 0 Å². The number of benzene rings is 2. The van der Waals surface area contributed by atoms with Gasteiger partial charge in [0.1, 0.15) is 0 Å². The fourth-order valence-corrected chi connectivity index (χ4v) is 3.46. The molecule has 2 aromatic carbocycles. The maximum atomic E-state index is 4.50. The van der Waals surface area contributed by atoms with Gasteiger partial charge in [0.25, 0.3) is 0 Å². The Kier molecular flexibility index (Phi) is 3.36. The zero-order valence-electron chi connectivity index (χ0n) is 10.9. The molecule has 1 unspecified atom stereocenters. The van der Waals surface area contributed by atoms with E-state index in [9.17, 15) is 0 Å². The first-order valence-electron chi connectivity index (χ1n) is 6.29. The summed E-state index contributed by atoms with van der Waals surface area (Å²) in [6.45, 7) is 4.32. The van der Waals surface area contributed by atoms with Crippen LogP contribution in [0.2, 0.25) is 0 Å². The van der Waals surface area contributed by atoms with Crippen molar-refractivity contribution in [1.29, 1.82) is 0 Å². The fourth-order valence-electron chi connectivity index (χ4n) is 2.31. The number of fused-ring (bicyclic) bond motifs is 1. The van der Waals surface area contributed by atoms with E-state index in [0.717, 1.165) is 16.7 Å². The first kappa shape index (κ1) is 12.4.